The minimum atomic E-state index is -0.433. The Morgan fingerprint density at radius 2 is 2.00 bits per heavy atom. The van der Waals surface area contributed by atoms with E-state index in [0.29, 0.717) is 11.3 Å². The SMILES string of the molecule is CN(C)CC1CCN(Cc2ccc(C(N)=O)cc2N)CC1. The molecule has 0 radical (unpaired) electrons. The maximum Gasteiger partial charge on any atom is 0.248 e. The lowest BCUT2D eigenvalue weighted by Gasteiger charge is -2.33. The minimum absolute atomic E-state index is 0.433. The number of amides is 1. The molecule has 0 saturated carbocycles. The molecule has 2 rings (SSSR count). The van der Waals surface area contributed by atoms with E-state index in [1.54, 1.807) is 12.1 Å². The highest BCUT2D eigenvalue weighted by Crippen LogP contribution is 2.22. The molecule has 0 bridgehead atoms. The Hall–Kier alpha value is -1.59. The van der Waals surface area contributed by atoms with E-state index in [2.05, 4.69) is 23.9 Å². The number of piperidine rings is 1. The fourth-order valence-corrected chi connectivity index (χ4v) is 2.98. The Balaban J connectivity index is 1.90. The average molecular weight is 290 g/mol. The van der Waals surface area contributed by atoms with Crippen molar-refractivity contribution in [3.8, 4) is 0 Å². The van der Waals surface area contributed by atoms with Gasteiger partial charge in [-0.3, -0.25) is 9.69 Å². The van der Waals surface area contributed by atoms with E-state index < -0.39 is 5.91 Å². The van der Waals surface area contributed by atoms with Crippen molar-refractivity contribution in [2.45, 2.75) is 19.4 Å². The average Bonchev–Trinajstić information content (AvgIpc) is 2.42. The van der Waals surface area contributed by atoms with Crippen LogP contribution in [0, 0.1) is 5.92 Å². The minimum Gasteiger partial charge on any atom is -0.398 e. The van der Waals surface area contributed by atoms with Gasteiger partial charge in [-0.2, -0.15) is 0 Å². The molecule has 0 spiro atoms. The summed E-state index contributed by atoms with van der Waals surface area (Å²) in [5.41, 5.74) is 13.5. The van der Waals surface area contributed by atoms with Gasteiger partial charge >= 0.3 is 0 Å². The van der Waals surface area contributed by atoms with E-state index in [9.17, 15) is 4.79 Å². The summed E-state index contributed by atoms with van der Waals surface area (Å²) in [4.78, 5) is 15.8. The van der Waals surface area contributed by atoms with Crippen LogP contribution in [0.3, 0.4) is 0 Å². The fourth-order valence-electron chi connectivity index (χ4n) is 2.98. The van der Waals surface area contributed by atoms with Crippen LogP contribution in [-0.2, 0) is 6.54 Å². The molecule has 1 aromatic rings. The molecular formula is C16H26N4O. The van der Waals surface area contributed by atoms with Crippen LogP contribution >= 0.6 is 0 Å². The second-order valence-electron chi connectivity index (χ2n) is 6.26. The first kappa shape index (κ1) is 15.8. The lowest BCUT2D eigenvalue weighted by atomic mass is 9.96. The van der Waals surface area contributed by atoms with Crippen LogP contribution in [-0.4, -0.2) is 49.4 Å². The van der Waals surface area contributed by atoms with E-state index in [1.807, 2.05) is 6.07 Å². The number of hydrogen-bond donors (Lipinski definition) is 2. The first-order valence-electron chi connectivity index (χ1n) is 7.51. The molecule has 4 N–H and O–H groups in total. The highest BCUT2D eigenvalue weighted by Gasteiger charge is 2.20. The van der Waals surface area contributed by atoms with Gasteiger partial charge in [-0.25, -0.2) is 0 Å². The highest BCUT2D eigenvalue weighted by atomic mass is 16.1. The Kier molecular flexibility index (Phi) is 5.20. The third-order valence-electron chi connectivity index (χ3n) is 4.15. The zero-order chi connectivity index (χ0) is 15.4. The number of hydrogen-bond acceptors (Lipinski definition) is 4. The molecule has 1 aliphatic rings. The number of nitrogens with two attached hydrogens (primary N) is 2. The van der Waals surface area contributed by atoms with Gasteiger partial charge in [0.2, 0.25) is 5.91 Å². The molecular weight excluding hydrogens is 264 g/mol. The van der Waals surface area contributed by atoms with Crippen molar-refractivity contribution in [3.05, 3.63) is 29.3 Å². The lowest BCUT2D eigenvalue weighted by molar-refractivity contribution is 0.100. The van der Waals surface area contributed by atoms with Crippen molar-refractivity contribution in [1.29, 1.82) is 0 Å². The van der Waals surface area contributed by atoms with Crippen LogP contribution in [0.5, 0.6) is 0 Å². The summed E-state index contributed by atoms with van der Waals surface area (Å²) < 4.78 is 0. The van der Waals surface area contributed by atoms with Crippen molar-refractivity contribution in [3.63, 3.8) is 0 Å². The maximum atomic E-state index is 11.1. The van der Waals surface area contributed by atoms with E-state index in [0.717, 1.165) is 31.1 Å². The molecule has 0 atom stereocenters. The number of benzene rings is 1. The van der Waals surface area contributed by atoms with Gasteiger partial charge in [-0.05, 0) is 63.6 Å². The summed E-state index contributed by atoms with van der Waals surface area (Å²) in [6.45, 7) is 4.23. The third kappa shape index (κ3) is 4.44. The summed E-state index contributed by atoms with van der Waals surface area (Å²) in [7, 11) is 4.26. The van der Waals surface area contributed by atoms with E-state index in [4.69, 9.17) is 11.5 Å². The van der Waals surface area contributed by atoms with Gasteiger partial charge in [0, 0.05) is 24.3 Å². The summed E-state index contributed by atoms with van der Waals surface area (Å²) in [5, 5.41) is 0. The summed E-state index contributed by atoms with van der Waals surface area (Å²) in [6.07, 6.45) is 2.47. The van der Waals surface area contributed by atoms with Gasteiger partial charge in [0.25, 0.3) is 0 Å². The predicted molar refractivity (Wildman–Crippen MR) is 85.9 cm³/mol. The van der Waals surface area contributed by atoms with Gasteiger partial charge in [0.15, 0.2) is 0 Å². The smallest absolute Gasteiger partial charge is 0.248 e. The molecule has 1 aromatic carbocycles. The fraction of sp³-hybridized carbons (Fsp3) is 0.562. The van der Waals surface area contributed by atoms with E-state index in [-0.39, 0.29) is 0 Å². The number of primary amides is 1. The third-order valence-corrected chi connectivity index (χ3v) is 4.15. The standard InChI is InChI=1S/C16H26N4O/c1-19(2)10-12-5-7-20(8-6-12)11-14-4-3-13(16(18)21)9-15(14)17/h3-4,9,12H,5-8,10-11,17H2,1-2H3,(H2,18,21). The van der Waals surface area contributed by atoms with Gasteiger partial charge in [0.1, 0.15) is 0 Å². The summed E-state index contributed by atoms with van der Waals surface area (Å²) in [6, 6.07) is 5.35. The summed E-state index contributed by atoms with van der Waals surface area (Å²) in [5.74, 6) is 0.364. The van der Waals surface area contributed by atoms with Crippen molar-refractivity contribution in [2.24, 2.45) is 11.7 Å². The summed E-state index contributed by atoms with van der Waals surface area (Å²) >= 11 is 0. The second-order valence-corrected chi connectivity index (χ2v) is 6.26. The molecule has 21 heavy (non-hydrogen) atoms. The molecule has 5 nitrogen and oxygen atoms in total. The van der Waals surface area contributed by atoms with Crippen LogP contribution in [0.25, 0.3) is 0 Å². The molecule has 1 aliphatic heterocycles. The molecule has 1 saturated heterocycles. The van der Waals surface area contributed by atoms with Gasteiger partial charge in [-0.1, -0.05) is 6.07 Å². The predicted octanol–water partition coefficient (Wildman–Crippen LogP) is 1.14. The molecule has 0 unspecified atom stereocenters. The van der Waals surface area contributed by atoms with E-state index >= 15 is 0 Å². The van der Waals surface area contributed by atoms with Gasteiger partial charge < -0.3 is 16.4 Å². The number of carbonyl (C=O) groups is 1. The zero-order valence-electron chi connectivity index (χ0n) is 13.0. The van der Waals surface area contributed by atoms with Crippen molar-refractivity contribution >= 4 is 11.6 Å². The van der Waals surface area contributed by atoms with Crippen LogP contribution < -0.4 is 11.5 Å². The Morgan fingerprint density at radius 1 is 1.33 bits per heavy atom. The number of nitrogen functional groups attached to an aromatic ring is 1. The number of likely N-dealkylation sites (tertiary alicyclic amines) is 1. The Morgan fingerprint density at radius 3 is 2.52 bits per heavy atom. The normalized spacial score (nSPS) is 17.3. The highest BCUT2D eigenvalue weighted by molar-refractivity contribution is 5.93. The van der Waals surface area contributed by atoms with Crippen molar-refractivity contribution in [2.75, 3.05) is 39.5 Å². The maximum absolute atomic E-state index is 11.1. The van der Waals surface area contributed by atoms with Crippen molar-refractivity contribution < 1.29 is 4.79 Å². The van der Waals surface area contributed by atoms with Crippen LogP contribution in [0.2, 0.25) is 0 Å². The van der Waals surface area contributed by atoms with E-state index in [1.165, 1.54) is 19.4 Å². The molecule has 1 heterocycles. The molecule has 5 heteroatoms. The Bertz CT molecular complexity index is 493. The lowest BCUT2D eigenvalue weighted by Crippen LogP contribution is -2.36. The second kappa shape index (κ2) is 6.91. The monoisotopic (exact) mass is 290 g/mol. The largest absolute Gasteiger partial charge is 0.398 e. The van der Waals surface area contributed by atoms with Crippen LogP contribution in [0.4, 0.5) is 5.69 Å². The number of carbonyl (C=O) groups excluding carboxylic acids is 1. The quantitative estimate of drug-likeness (QED) is 0.797. The van der Waals surface area contributed by atoms with Crippen molar-refractivity contribution in [1.82, 2.24) is 9.80 Å². The van der Waals surface area contributed by atoms with Crippen LogP contribution in [0.15, 0.2) is 18.2 Å². The molecule has 0 aliphatic carbocycles. The first-order valence-corrected chi connectivity index (χ1v) is 7.51. The number of anilines is 1. The van der Waals surface area contributed by atoms with Crippen LogP contribution in [0.1, 0.15) is 28.8 Å². The zero-order valence-corrected chi connectivity index (χ0v) is 13.0. The Labute approximate surface area is 126 Å². The van der Waals surface area contributed by atoms with Gasteiger partial charge in [0.05, 0.1) is 0 Å². The molecule has 116 valence electrons. The number of nitrogens with zero attached hydrogens (tertiary/aromatic N) is 2. The topological polar surface area (TPSA) is 75.6 Å². The van der Waals surface area contributed by atoms with Gasteiger partial charge in [-0.15, -0.1) is 0 Å². The molecule has 1 fully saturated rings. The molecule has 1 amide bonds. The first-order chi connectivity index (χ1) is 9.95. The number of rotatable bonds is 5. The molecule has 0 aromatic heterocycles.